The first-order valence-electron chi connectivity index (χ1n) is 5.77. The van der Waals surface area contributed by atoms with Crippen LogP contribution in [0.15, 0.2) is 12.2 Å². The lowest BCUT2D eigenvalue weighted by atomic mass is 10.1. The van der Waals surface area contributed by atoms with Crippen LogP contribution >= 0.6 is 0 Å². The quantitative estimate of drug-likeness (QED) is 0.428. The van der Waals surface area contributed by atoms with Crippen LogP contribution in [0.3, 0.4) is 0 Å². The number of hydrogen-bond donors (Lipinski definition) is 1. The molecule has 0 aromatic rings. The van der Waals surface area contributed by atoms with Gasteiger partial charge in [-0.15, -0.1) is 0 Å². The van der Waals surface area contributed by atoms with Crippen LogP contribution in [-0.2, 0) is 0 Å². The summed E-state index contributed by atoms with van der Waals surface area (Å²) in [5.74, 6) is 0. The Kier molecular flexibility index (Phi) is 11.4. The minimum absolute atomic E-state index is 0.847. The van der Waals surface area contributed by atoms with E-state index < -0.39 is 0 Å². The van der Waals surface area contributed by atoms with Crippen LogP contribution in [0.1, 0.15) is 58.3 Å². The molecule has 1 heteroatoms. The Morgan fingerprint density at radius 2 is 1.46 bits per heavy atom. The van der Waals surface area contributed by atoms with E-state index in [9.17, 15) is 0 Å². The zero-order valence-electron chi connectivity index (χ0n) is 9.10. The highest BCUT2D eigenvalue weighted by Gasteiger charge is 1.84. The molecule has 0 aliphatic carbocycles. The van der Waals surface area contributed by atoms with Crippen molar-refractivity contribution in [1.29, 1.82) is 0 Å². The SMILES string of the molecule is CCCCCC=CCCCCCN. The van der Waals surface area contributed by atoms with Gasteiger partial charge < -0.3 is 5.73 Å². The Labute approximate surface area is 83.4 Å². The molecule has 0 bridgehead atoms. The molecule has 1 nitrogen and oxygen atoms in total. The minimum Gasteiger partial charge on any atom is -0.330 e. The second kappa shape index (κ2) is 11.7. The van der Waals surface area contributed by atoms with Gasteiger partial charge in [0.2, 0.25) is 0 Å². The molecular formula is C12H25N. The Morgan fingerprint density at radius 1 is 0.846 bits per heavy atom. The number of rotatable bonds is 9. The summed E-state index contributed by atoms with van der Waals surface area (Å²) < 4.78 is 0. The summed E-state index contributed by atoms with van der Waals surface area (Å²) in [4.78, 5) is 0. The van der Waals surface area contributed by atoms with Crippen molar-refractivity contribution in [2.45, 2.75) is 58.3 Å². The number of unbranched alkanes of at least 4 members (excludes halogenated alkanes) is 6. The molecule has 0 atom stereocenters. The third-order valence-corrected chi connectivity index (χ3v) is 2.22. The van der Waals surface area contributed by atoms with Crippen LogP contribution in [-0.4, -0.2) is 6.54 Å². The Morgan fingerprint density at radius 3 is 2.00 bits per heavy atom. The van der Waals surface area contributed by atoms with Gasteiger partial charge in [-0.3, -0.25) is 0 Å². The third-order valence-electron chi connectivity index (χ3n) is 2.22. The Bertz CT molecular complexity index is 108. The molecule has 0 saturated heterocycles. The summed E-state index contributed by atoms with van der Waals surface area (Å²) in [6, 6.07) is 0. The van der Waals surface area contributed by atoms with E-state index in [1.54, 1.807) is 0 Å². The van der Waals surface area contributed by atoms with Crippen molar-refractivity contribution in [3.05, 3.63) is 12.2 Å². The molecule has 0 aromatic carbocycles. The average Bonchev–Trinajstić information content (AvgIpc) is 2.16. The number of allylic oxidation sites excluding steroid dienone is 2. The fourth-order valence-corrected chi connectivity index (χ4v) is 1.33. The summed E-state index contributed by atoms with van der Waals surface area (Å²) in [6.45, 7) is 3.09. The predicted octanol–water partition coefficient (Wildman–Crippen LogP) is 3.64. The molecule has 13 heavy (non-hydrogen) atoms. The summed E-state index contributed by atoms with van der Waals surface area (Å²) in [5, 5.41) is 0. The maximum absolute atomic E-state index is 5.41. The van der Waals surface area contributed by atoms with E-state index in [0.717, 1.165) is 6.54 Å². The van der Waals surface area contributed by atoms with Crippen molar-refractivity contribution in [3.63, 3.8) is 0 Å². The molecule has 0 aliphatic heterocycles. The topological polar surface area (TPSA) is 26.0 Å². The molecule has 0 amide bonds. The lowest BCUT2D eigenvalue weighted by molar-refractivity contribution is 0.691. The van der Waals surface area contributed by atoms with Gasteiger partial charge in [-0.25, -0.2) is 0 Å². The summed E-state index contributed by atoms with van der Waals surface area (Å²) in [6.07, 6.45) is 15.0. The van der Waals surface area contributed by atoms with E-state index in [4.69, 9.17) is 5.73 Å². The van der Waals surface area contributed by atoms with E-state index in [1.807, 2.05) is 0 Å². The van der Waals surface area contributed by atoms with Crippen LogP contribution in [0, 0.1) is 0 Å². The third kappa shape index (κ3) is 11.7. The van der Waals surface area contributed by atoms with Crippen LogP contribution in [0.4, 0.5) is 0 Å². The molecule has 2 N–H and O–H groups in total. The number of nitrogens with two attached hydrogens (primary N) is 1. The van der Waals surface area contributed by atoms with Crippen LogP contribution in [0.25, 0.3) is 0 Å². The van der Waals surface area contributed by atoms with Crippen molar-refractivity contribution in [2.24, 2.45) is 5.73 Å². The van der Waals surface area contributed by atoms with Gasteiger partial charge in [0.1, 0.15) is 0 Å². The van der Waals surface area contributed by atoms with E-state index in [1.165, 1.54) is 51.4 Å². The highest BCUT2D eigenvalue weighted by molar-refractivity contribution is 4.81. The van der Waals surface area contributed by atoms with Crippen molar-refractivity contribution >= 4 is 0 Å². The normalized spacial score (nSPS) is 11.2. The fourth-order valence-electron chi connectivity index (χ4n) is 1.33. The predicted molar refractivity (Wildman–Crippen MR) is 60.8 cm³/mol. The summed E-state index contributed by atoms with van der Waals surface area (Å²) >= 11 is 0. The van der Waals surface area contributed by atoms with E-state index >= 15 is 0 Å². The van der Waals surface area contributed by atoms with Gasteiger partial charge in [0.15, 0.2) is 0 Å². The minimum atomic E-state index is 0.847. The largest absolute Gasteiger partial charge is 0.330 e. The lowest BCUT2D eigenvalue weighted by Crippen LogP contribution is -1.97. The Hall–Kier alpha value is -0.300. The first kappa shape index (κ1) is 12.7. The molecule has 0 heterocycles. The van der Waals surface area contributed by atoms with Crippen molar-refractivity contribution in [2.75, 3.05) is 6.54 Å². The standard InChI is InChI=1S/C12H25N/c1-2-3-4-5-6-7-8-9-10-11-12-13/h6-7H,2-5,8-13H2,1H3. The second-order valence-electron chi connectivity index (χ2n) is 3.61. The van der Waals surface area contributed by atoms with Crippen LogP contribution < -0.4 is 5.73 Å². The molecule has 0 aromatic heterocycles. The molecule has 78 valence electrons. The summed E-state index contributed by atoms with van der Waals surface area (Å²) in [5.41, 5.74) is 5.41. The molecule has 0 unspecified atom stereocenters. The van der Waals surface area contributed by atoms with Crippen LogP contribution in [0.2, 0.25) is 0 Å². The van der Waals surface area contributed by atoms with Gasteiger partial charge in [0, 0.05) is 0 Å². The van der Waals surface area contributed by atoms with Crippen molar-refractivity contribution in [3.8, 4) is 0 Å². The Balaban J connectivity index is 2.95. The fraction of sp³-hybridized carbons (Fsp3) is 0.833. The first-order valence-corrected chi connectivity index (χ1v) is 5.77. The van der Waals surface area contributed by atoms with Gasteiger partial charge in [0.05, 0.1) is 0 Å². The van der Waals surface area contributed by atoms with E-state index in [-0.39, 0.29) is 0 Å². The lowest BCUT2D eigenvalue weighted by Gasteiger charge is -1.94. The maximum atomic E-state index is 5.41. The molecule has 0 fully saturated rings. The molecule has 0 rings (SSSR count). The van der Waals surface area contributed by atoms with Crippen LogP contribution in [0.5, 0.6) is 0 Å². The zero-order valence-corrected chi connectivity index (χ0v) is 9.10. The van der Waals surface area contributed by atoms with Gasteiger partial charge in [-0.1, -0.05) is 38.3 Å². The first-order chi connectivity index (χ1) is 6.41. The molecule has 0 spiro atoms. The van der Waals surface area contributed by atoms with Gasteiger partial charge in [0.25, 0.3) is 0 Å². The zero-order chi connectivity index (χ0) is 9.78. The average molecular weight is 183 g/mol. The van der Waals surface area contributed by atoms with Gasteiger partial charge in [-0.2, -0.15) is 0 Å². The molecule has 0 radical (unpaired) electrons. The van der Waals surface area contributed by atoms with E-state index in [2.05, 4.69) is 19.1 Å². The number of hydrogen-bond acceptors (Lipinski definition) is 1. The van der Waals surface area contributed by atoms with Crippen molar-refractivity contribution < 1.29 is 0 Å². The molecule has 0 aliphatic rings. The smallest absolute Gasteiger partial charge is 0.00773 e. The molecule has 0 saturated carbocycles. The molecular weight excluding hydrogens is 158 g/mol. The highest BCUT2D eigenvalue weighted by atomic mass is 14.5. The van der Waals surface area contributed by atoms with E-state index in [0.29, 0.717) is 0 Å². The van der Waals surface area contributed by atoms with Crippen molar-refractivity contribution in [1.82, 2.24) is 0 Å². The monoisotopic (exact) mass is 183 g/mol. The highest BCUT2D eigenvalue weighted by Crippen LogP contribution is 2.03. The van der Waals surface area contributed by atoms with Gasteiger partial charge in [-0.05, 0) is 38.6 Å². The maximum Gasteiger partial charge on any atom is -0.00773 e. The summed E-state index contributed by atoms with van der Waals surface area (Å²) in [7, 11) is 0. The second-order valence-corrected chi connectivity index (χ2v) is 3.61. The van der Waals surface area contributed by atoms with Gasteiger partial charge >= 0.3 is 0 Å².